The van der Waals surface area contributed by atoms with Gasteiger partial charge in [-0.2, -0.15) is 0 Å². The molecule has 1 aliphatic heterocycles. The number of carbonyl (C=O) groups is 1. The van der Waals surface area contributed by atoms with E-state index in [4.69, 9.17) is 6.42 Å². The Balaban J connectivity index is 2.54. The van der Waals surface area contributed by atoms with Gasteiger partial charge in [-0.05, 0) is 39.8 Å². The zero-order valence-corrected chi connectivity index (χ0v) is 9.18. The number of rotatable bonds is 4. The number of Topliss-reactive ketones (excluding diaryl/α,β-unsaturated/α-hetero) is 1. The van der Waals surface area contributed by atoms with Crippen LogP contribution in [-0.4, -0.2) is 29.3 Å². The number of likely N-dealkylation sites (tertiary alicyclic amines) is 1. The Morgan fingerprint density at radius 3 is 2.50 bits per heavy atom. The monoisotopic (exact) mass is 193 g/mol. The van der Waals surface area contributed by atoms with Gasteiger partial charge in [0, 0.05) is 12.8 Å². The Hall–Kier alpha value is -0.810. The highest BCUT2D eigenvalue weighted by atomic mass is 16.1. The topological polar surface area (TPSA) is 20.3 Å². The molecule has 0 bridgehead atoms. The summed E-state index contributed by atoms with van der Waals surface area (Å²) >= 11 is 0. The smallest absolute Gasteiger partial charge is 0.153 e. The molecule has 0 aliphatic carbocycles. The second-order valence-corrected chi connectivity index (χ2v) is 4.38. The third-order valence-electron chi connectivity index (χ3n) is 3.08. The van der Waals surface area contributed by atoms with Gasteiger partial charge in [0.05, 0.1) is 5.54 Å². The molecule has 0 radical (unpaired) electrons. The van der Waals surface area contributed by atoms with Crippen molar-refractivity contribution in [3.8, 4) is 12.3 Å². The maximum atomic E-state index is 11.9. The van der Waals surface area contributed by atoms with Crippen LogP contribution in [0.25, 0.3) is 0 Å². The molecule has 1 heterocycles. The van der Waals surface area contributed by atoms with Crippen LogP contribution in [0.5, 0.6) is 0 Å². The van der Waals surface area contributed by atoms with Crippen molar-refractivity contribution in [1.82, 2.24) is 4.90 Å². The Kier molecular flexibility index (Phi) is 3.71. The van der Waals surface area contributed by atoms with Gasteiger partial charge in [0.2, 0.25) is 0 Å². The molecular formula is C12H19NO. The average molecular weight is 193 g/mol. The third-order valence-corrected chi connectivity index (χ3v) is 3.08. The van der Waals surface area contributed by atoms with Crippen molar-refractivity contribution in [3.05, 3.63) is 0 Å². The summed E-state index contributed by atoms with van der Waals surface area (Å²) < 4.78 is 0. The van der Waals surface area contributed by atoms with E-state index in [0.717, 1.165) is 13.1 Å². The summed E-state index contributed by atoms with van der Waals surface area (Å²) in [6.45, 7) is 6.12. The molecule has 14 heavy (non-hydrogen) atoms. The Morgan fingerprint density at radius 2 is 2.00 bits per heavy atom. The van der Waals surface area contributed by atoms with Gasteiger partial charge in [-0.1, -0.05) is 0 Å². The fourth-order valence-electron chi connectivity index (χ4n) is 1.94. The molecule has 78 valence electrons. The van der Waals surface area contributed by atoms with Crippen LogP contribution in [0, 0.1) is 12.3 Å². The molecule has 0 amide bonds. The number of hydrogen-bond donors (Lipinski definition) is 0. The largest absolute Gasteiger partial charge is 0.298 e. The number of nitrogens with zero attached hydrogens (tertiary/aromatic N) is 1. The van der Waals surface area contributed by atoms with E-state index in [2.05, 4.69) is 10.8 Å². The molecule has 0 aromatic heterocycles. The Morgan fingerprint density at radius 1 is 1.43 bits per heavy atom. The van der Waals surface area contributed by atoms with Gasteiger partial charge >= 0.3 is 0 Å². The van der Waals surface area contributed by atoms with Gasteiger partial charge in [0.25, 0.3) is 0 Å². The van der Waals surface area contributed by atoms with Crippen molar-refractivity contribution in [2.24, 2.45) is 0 Å². The van der Waals surface area contributed by atoms with E-state index < -0.39 is 0 Å². The molecule has 0 unspecified atom stereocenters. The fraction of sp³-hybridized carbons (Fsp3) is 0.750. The minimum Gasteiger partial charge on any atom is -0.298 e. The van der Waals surface area contributed by atoms with E-state index in [0.29, 0.717) is 12.8 Å². The Bertz CT molecular complexity index is 244. The normalized spacial score (nSPS) is 18.1. The summed E-state index contributed by atoms with van der Waals surface area (Å²) in [5.41, 5.74) is -0.312. The average Bonchev–Trinajstić information content (AvgIpc) is 2.67. The van der Waals surface area contributed by atoms with Gasteiger partial charge in [-0.3, -0.25) is 9.69 Å². The molecule has 0 saturated carbocycles. The molecule has 0 atom stereocenters. The number of ketones is 1. The van der Waals surface area contributed by atoms with Crippen molar-refractivity contribution in [1.29, 1.82) is 0 Å². The first-order chi connectivity index (χ1) is 6.59. The zero-order valence-electron chi connectivity index (χ0n) is 9.18. The summed E-state index contributed by atoms with van der Waals surface area (Å²) in [6.07, 6.45) is 8.67. The summed E-state index contributed by atoms with van der Waals surface area (Å²) in [4.78, 5) is 14.1. The van der Waals surface area contributed by atoms with Crippen molar-refractivity contribution < 1.29 is 4.79 Å². The van der Waals surface area contributed by atoms with Crippen molar-refractivity contribution in [2.75, 3.05) is 13.1 Å². The molecule has 0 aromatic carbocycles. The van der Waals surface area contributed by atoms with Crippen LogP contribution in [0.2, 0.25) is 0 Å². The highest BCUT2D eigenvalue weighted by molar-refractivity contribution is 5.87. The van der Waals surface area contributed by atoms with Crippen LogP contribution in [-0.2, 0) is 4.79 Å². The lowest BCUT2D eigenvalue weighted by atomic mass is 9.94. The van der Waals surface area contributed by atoms with Crippen molar-refractivity contribution in [2.45, 2.75) is 45.1 Å². The van der Waals surface area contributed by atoms with E-state index in [9.17, 15) is 4.79 Å². The molecule has 1 aliphatic rings. The third kappa shape index (κ3) is 2.36. The van der Waals surface area contributed by atoms with E-state index in [1.165, 1.54) is 12.8 Å². The van der Waals surface area contributed by atoms with Crippen LogP contribution in [0.1, 0.15) is 39.5 Å². The fourth-order valence-corrected chi connectivity index (χ4v) is 1.94. The second kappa shape index (κ2) is 4.61. The van der Waals surface area contributed by atoms with Crippen LogP contribution in [0.15, 0.2) is 0 Å². The van der Waals surface area contributed by atoms with Gasteiger partial charge < -0.3 is 0 Å². The van der Waals surface area contributed by atoms with Gasteiger partial charge in [-0.15, -0.1) is 12.3 Å². The highest BCUT2D eigenvalue weighted by Gasteiger charge is 2.34. The van der Waals surface area contributed by atoms with E-state index in [1.54, 1.807) is 0 Å². The predicted octanol–water partition coefficient (Wildman–Crippen LogP) is 1.84. The molecule has 0 spiro atoms. The Labute approximate surface area is 86.7 Å². The summed E-state index contributed by atoms with van der Waals surface area (Å²) in [6, 6.07) is 0. The molecule has 2 nitrogen and oxygen atoms in total. The summed E-state index contributed by atoms with van der Waals surface area (Å²) in [5.74, 6) is 2.80. The number of carbonyl (C=O) groups excluding carboxylic acids is 1. The maximum Gasteiger partial charge on any atom is 0.153 e. The lowest BCUT2D eigenvalue weighted by Gasteiger charge is -2.33. The first-order valence-electron chi connectivity index (χ1n) is 5.31. The second-order valence-electron chi connectivity index (χ2n) is 4.38. The van der Waals surface area contributed by atoms with Gasteiger partial charge in [-0.25, -0.2) is 0 Å². The molecule has 2 heteroatoms. The van der Waals surface area contributed by atoms with Gasteiger partial charge in [0.1, 0.15) is 0 Å². The summed E-state index contributed by atoms with van der Waals surface area (Å²) in [7, 11) is 0. The molecule has 0 aromatic rings. The SMILES string of the molecule is C#CCCC(=O)C(C)(C)N1CCCC1. The van der Waals surface area contributed by atoms with E-state index in [1.807, 2.05) is 13.8 Å². The molecule has 0 N–H and O–H groups in total. The van der Waals surface area contributed by atoms with Crippen molar-refractivity contribution >= 4 is 5.78 Å². The lowest BCUT2D eigenvalue weighted by Crippen LogP contribution is -2.48. The molecule has 1 rings (SSSR count). The summed E-state index contributed by atoms with van der Waals surface area (Å²) in [5, 5.41) is 0. The maximum absolute atomic E-state index is 11.9. The zero-order chi connectivity index (χ0) is 10.6. The van der Waals surface area contributed by atoms with Crippen LogP contribution in [0.4, 0.5) is 0 Å². The standard InChI is InChI=1S/C12H19NO/c1-4-5-8-11(14)12(2,3)13-9-6-7-10-13/h1H,5-10H2,2-3H3. The first-order valence-corrected chi connectivity index (χ1v) is 5.31. The van der Waals surface area contributed by atoms with E-state index in [-0.39, 0.29) is 11.3 Å². The predicted molar refractivity (Wildman–Crippen MR) is 58.0 cm³/mol. The number of hydrogen-bond acceptors (Lipinski definition) is 2. The van der Waals surface area contributed by atoms with Crippen LogP contribution < -0.4 is 0 Å². The van der Waals surface area contributed by atoms with E-state index >= 15 is 0 Å². The van der Waals surface area contributed by atoms with Crippen molar-refractivity contribution in [3.63, 3.8) is 0 Å². The first kappa shape index (κ1) is 11.3. The van der Waals surface area contributed by atoms with Crippen LogP contribution in [0.3, 0.4) is 0 Å². The molecule has 1 fully saturated rings. The minimum absolute atomic E-state index is 0.275. The quantitative estimate of drug-likeness (QED) is 0.635. The van der Waals surface area contributed by atoms with Gasteiger partial charge in [0.15, 0.2) is 5.78 Å². The van der Waals surface area contributed by atoms with Crippen LogP contribution >= 0.6 is 0 Å². The minimum atomic E-state index is -0.312. The number of terminal acetylenes is 1. The molecule has 1 saturated heterocycles. The highest BCUT2D eigenvalue weighted by Crippen LogP contribution is 2.23. The molecular weight excluding hydrogens is 174 g/mol. The lowest BCUT2D eigenvalue weighted by molar-refractivity contribution is -0.128.